The minimum Gasteiger partial charge on any atom is -0.497 e. The molecule has 0 radical (unpaired) electrons. The van der Waals surface area contributed by atoms with E-state index in [2.05, 4.69) is 5.10 Å². The lowest BCUT2D eigenvalue weighted by molar-refractivity contribution is -0.136. The molecule has 8 nitrogen and oxygen atoms in total. The second kappa shape index (κ2) is 7.12. The highest BCUT2D eigenvalue weighted by atomic mass is 32.1. The van der Waals surface area contributed by atoms with Crippen LogP contribution in [0.5, 0.6) is 5.75 Å². The lowest BCUT2D eigenvalue weighted by atomic mass is 10.2. The van der Waals surface area contributed by atoms with Crippen LogP contribution in [0.1, 0.15) is 0 Å². The molecule has 0 aliphatic carbocycles. The number of hydrogen-bond acceptors (Lipinski definition) is 7. The van der Waals surface area contributed by atoms with Crippen LogP contribution in [0.3, 0.4) is 0 Å². The summed E-state index contributed by atoms with van der Waals surface area (Å²) in [6.07, 6.45) is -0.610. The number of nitrogens with zero attached hydrogens (tertiary/aromatic N) is 3. The molecule has 1 unspecified atom stereocenters. The molecule has 1 atom stereocenters. The van der Waals surface area contributed by atoms with Gasteiger partial charge in [-0.2, -0.15) is 0 Å². The highest BCUT2D eigenvalue weighted by molar-refractivity contribution is 7.71. The van der Waals surface area contributed by atoms with Gasteiger partial charge in [-0.15, -0.1) is 5.10 Å². The number of rotatable bonds is 5. The molecule has 3 rings (SSSR count). The number of amides is 1. The Balaban J connectivity index is 1.74. The number of carbonyl (C=O) groups is 1. The van der Waals surface area contributed by atoms with Crippen molar-refractivity contribution in [1.29, 1.82) is 0 Å². The van der Waals surface area contributed by atoms with Crippen molar-refractivity contribution in [3.05, 3.63) is 29.1 Å². The smallest absolute Gasteiger partial charge is 0.288 e. The zero-order valence-corrected chi connectivity index (χ0v) is 14.0. The molecule has 1 amide bonds. The number of morpholine rings is 1. The summed E-state index contributed by atoms with van der Waals surface area (Å²) < 4.78 is 17.6. The van der Waals surface area contributed by atoms with Gasteiger partial charge in [-0.1, -0.05) is 0 Å². The Morgan fingerprint density at radius 3 is 2.88 bits per heavy atom. The summed E-state index contributed by atoms with van der Waals surface area (Å²) in [6.45, 7) is 1.91. The van der Waals surface area contributed by atoms with Crippen molar-refractivity contribution >= 4 is 18.1 Å². The Labute approximate surface area is 143 Å². The first kappa shape index (κ1) is 16.6. The minimum atomic E-state index is -0.610. The van der Waals surface area contributed by atoms with Crippen LogP contribution in [0, 0.1) is 4.84 Å². The van der Waals surface area contributed by atoms with Gasteiger partial charge in [0.15, 0.2) is 0 Å². The van der Waals surface area contributed by atoms with Crippen LogP contribution in [0.4, 0.5) is 0 Å². The van der Waals surface area contributed by atoms with E-state index in [0.29, 0.717) is 32.3 Å². The van der Waals surface area contributed by atoms with Gasteiger partial charge >= 0.3 is 0 Å². The lowest BCUT2D eigenvalue weighted by Crippen LogP contribution is -2.48. The van der Waals surface area contributed by atoms with E-state index >= 15 is 0 Å². The van der Waals surface area contributed by atoms with Crippen LogP contribution >= 0.6 is 12.2 Å². The molecule has 2 aromatic rings. The standard InChI is InChI=1S/C15H18N4O4S/c1-21-11-4-2-10(3-5-11)14-17-19(15(24)23-14)9-18-6-7-22-12(8-18)13(16)20/h2-5,12H,6-9H2,1H3,(H2,16,20). The first-order valence-electron chi connectivity index (χ1n) is 7.42. The summed E-state index contributed by atoms with van der Waals surface area (Å²) in [4.78, 5) is 13.5. The van der Waals surface area contributed by atoms with Crippen LogP contribution in [-0.4, -0.2) is 53.5 Å². The van der Waals surface area contributed by atoms with Crippen LogP contribution < -0.4 is 10.5 Å². The molecule has 1 saturated heterocycles. The number of methoxy groups -OCH3 is 1. The van der Waals surface area contributed by atoms with Crippen LogP contribution in [0.25, 0.3) is 11.5 Å². The van der Waals surface area contributed by atoms with Gasteiger partial charge in [-0.25, -0.2) is 4.68 Å². The van der Waals surface area contributed by atoms with Crippen molar-refractivity contribution in [3.63, 3.8) is 0 Å². The van der Waals surface area contributed by atoms with Crippen molar-refractivity contribution in [2.45, 2.75) is 12.8 Å². The van der Waals surface area contributed by atoms with E-state index in [1.807, 2.05) is 29.2 Å². The predicted octanol–water partition coefficient (Wildman–Crippen LogP) is 1.02. The minimum absolute atomic E-state index is 0.267. The summed E-state index contributed by atoms with van der Waals surface area (Å²) in [5, 5.41) is 4.41. The summed E-state index contributed by atoms with van der Waals surface area (Å²) in [7, 11) is 1.61. The molecule has 0 saturated carbocycles. The first-order chi connectivity index (χ1) is 11.6. The Morgan fingerprint density at radius 2 is 2.21 bits per heavy atom. The second-order valence-corrected chi connectivity index (χ2v) is 5.73. The van der Waals surface area contributed by atoms with Crippen LogP contribution in [-0.2, 0) is 16.2 Å². The van der Waals surface area contributed by atoms with Crippen molar-refractivity contribution in [1.82, 2.24) is 14.7 Å². The Bertz CT molecular complexity index is 771. The molecular formula is C15H18N4O4S. The third-order valence-corrected chi connectivity index (χ3v) is 4.04. The lowest BCUT2D eigenvalue weighted by Gasteiger charge is -2.30. The number of hydrogen-bond donors (Lipinski definition) is 1. The van der Waals surface area contributed by atoms with E-state index in [0.717, 1.165) is 11.3 Å². The SMILES string of the molecule is COc1ccc(-c2nn(CN3CCOC(C(N)=O)C3)c(=S)o2)cc1. The van der Waals surface area contributed by atoms with E-state index in [-0.39, 0.29) is 4.84 Å². The maximum Gasteiger partial charge on any atom is 0.288 e. The second-order valence-electron chi connectivity index (χ2n) is 5.38. The Hall–Kier alpha value is -2.23. The third kappa shape index (κ3) is 3.64. The quantitative estimate of drug-likeness (QED) is 0.805. The van der Waals surface area contributed by atoms with Gasteiger partial charge in [0.2, 0.25) is 11.8 Å². The molecule has 1 aliphatic heterocycles. The average molecular weight is 350 g/mol. The van der Waals surface area contributed by atoms with Crippen molar-refractivity contribution in [2.24, 2.45) is 5.73 Å². The van der Waals surface area contributed by atoms with E-state index in [9.17, 15) is 4.79 Å². The largest absolute Gasteiger partial charge is 0.497 e. The van der Waals surface area contributed by atoms with Crippen LogP contribution in [0.2, 0.25) is 0 Å². The van der Waals surface area contributed by atoms with E-state index < -0.39 is 12.0 Å². The van der Waals surface area contributed by atoms with Gasteiger partial charge < -0.3 is 19.6 Å². The van der Waals surface area contributed by atoms with Crippen molar-refractivity contribution in [3.8, 4) is 17.2 Å². The molecule has 1 aliphatic rings. The van der Waals surface area contributed by atoms with Gasteiger partial charge in [0.1, 0.15) is 11.9 Å². The Morgan fingerprint density at radius 1 is 1.46 bits per heavy atom. The molecule has 2 N–H and O–H groups in total. The predicted molar refractivity (Wildman–Crippen MR) is 87.8 cm³/mol. The summed E-state index contributed by atoms with van der Waals surface area (Å²) >= 11 is 5.23. The molecule has 2 heterocycles. The number of carbonyl (C=O) groups excluding carboxylic acids is 1. The number of ether oxygens (including phenoxy) is 2. The fourth-order valence-electron chi connectivity index (χ4n) is 2.44. The number of nitrogens with two attached hydrogens (primary N) is 1. The van der Waals surface area contributed by atoms with Crippen LogP contribution in [0.15, 0.2) is 28.7 Å². The summed E-state index contributed by atoms with van der Waals surface area (Å²) in [5.41, 5.74) is 6.10. The van der Waals surface area contributed by atoms with Gasteiger partial charge in [0.05, 0.1) is 20.4 Å². The third-order valence-electron chi connectivity index (χ3n) is 3.75. The topological polar surface area (TPSA) is 95.7 Å². The summed E-state index contributed by atoms with van der Waals surface area (Å²) in [5.74, 6) is 0.715. The normalized spacial score (nSPS) is 18.5. The zero-order valence-electron chi connectivity index (χ0n) is 13.2. The molecule has 1 aromatic carbocycles. The molecule has 9 heteroatoms. The van der Waals surface area contributed by atoms with Gasteiger partial charge in [0, 0.05) is 18.7 Å². The molecule has 1 aromatic heterocycles. The highest BCUT2D eigenvalue weighted by Crippen LogP contribution is 2.21. The fourth-order valence-corrected chi connectivity index (χ4v) is 2.62. The van der Waals surface area contributed by atoms with Gasteiger partial charge in [0.25, 0.3) is 4.84 Å². The number of aromatic nitrogens is 2. The number of benzene rings is 1. The molecule has 0 spiro atoms. The monoisotopic (exact) mass is 350 g/mol. The van der Waals surface area contributed by atoms with E-state index in [1.54, 1.807) is 11.8 Å². The molecule has 1 fully saturated rings. The summed E-state index contributed by atoms with van der Waals surface area (Å²) in [6, 6.07) is 7.35. The molecule has 128 valence electrons. The molecular weight excluding hydrogens is 332 g/mol. The van der Waals surface area contributed by atoms with E-state index in [4.69, 9.17) is 31.8 Å². The van der Waals surface area contributed by atoms with Crippen molar-refractivity contribution < 1.29 is 18.7 Å². The molecule has 24 heavy (non-hydrogen) atoms. The average Bonchev–Trinajstić information content (AvgIpc) is 2.96. The van der Waals surface area contributed by atoms with Gasteiger partial charge in [-0.3, -0.25) is 9.69 Å². The molecule has 0 bridgehead atoms. The van der Waals surface area contributed by atoms with Gasteiger partial charge in [-0.05, 0) is 36.5 Å². The van der Waals surface area contributed by atoms with Crippen molar-refractivity contribution in [2.75, 3.05) is 26.8 Å². The van der Waals surface area contributed by atoms with E-state index in [1.165, 1.54) is 0 Å². The fraction of sp³-hybridized carbons (Fsp3) is 0.400. The maximum atomic E-state index is 11.3. The Kier molecular flexibility index (Phi) is 4.93. The number of primary amides is 1. The first-order valence-corrected chi connectivity index (χ1v) is 7.83. The maximum absolute atomic E-state index is 11.3. The zero-order chi connectivity index (χ0) is 17.1. The highest BCUT2D eigenvalue weighted by Gasteiger charge is 2.25.